The highest BCUT2D eigenvalue weighted by Crippen LogP contribution is 2.22. The Morgan fingerprint density at radius 3 is 2.77 bits per heavy atom. The van der Waals surface area contributed by atoms with Gasteiger partial charge >= 0.3 is 0 Å². The van der Waals surface area contributed by atoms with Gasteiger partial charge in [-0.25, -0.2) is 0 Å². The third kappa shape index (κ3) is 1.46. The summed E-state index contributed by atoms with van der Waals surface area (Å²) in [4.78, 5) is 3.45. The van der Waals surface area contributed by atoms with Crippen LogP contribution in [0.1, 0.15) is 31.9 Å². The molecule has 0 aliphatic rings. The highest BCUT2D eigenvalue weighted by Gasteiger charge is 2.05. The van der Waals surface area contributed by atoms with Crippen LogP contribution >= 0.6 is 0 Å². The van der Waals surface area contributed by atoms with Crippen LogP contribution in [0.15, 0.2) is 30.3 Å². The number of aromatic amines is 1. The Morgan fingerprint density at radius 2 is 2.08 bits per heavy atom. The minimum atomic E-state index is 0.632. The fraction of sp³-hybridized carbons (Fsp3) is 0.333. The van der Waals surface area contributed by atoms with Gasteiger partial charge in [0.05, 0.1) is 0 Å². The third-order valence-electron chi connectivity index (χ3n) is 2.69. The topological polar surface area (TPSA) is 15.8 Å². The first-order valence-corrected chi connectivity index (χ1v) is 4.89. The Hall–Kier alpha value is -1.24. The van der Waals surface area contributed by atoms with Crippen molar-refractivity contribution >= 4 is 10.9 Å². The summed E-state index contributed by atoms with van der Waals surface area (Å²) in [5, 5.41) is 1.32. The smallest absolute Gasteiger partial charge is 0.0456 e. The van der Waals surface area contributed by atoms with Crippen molar-refractivity contribution in [3.63, 3.8) is 0 Å². The van der Waals surface area contributed by atoms with Crippen molar-refractivity contribution in [3.05, 3.63) is 36.0 Å². The normalized spacial score (nSPS) is 13.4. The molecule has 13 heavy (non-hydrogen) atoms. The van der Waals surface area contributed by atoms with Gasteiger partial charge in [-0.2, -0.15) is 0 Å². The van der Waals surface area contributed by atoms with Gasteiger partial charge in [0.25, 0.3) is 0 Å². The summed E-state index contributed by atoms with van der Waals surface area (Å²) in [6, 6.07) is 10.7. The van der Waals surface area contributed by atoms with E-state index in [0.717, 1.165) is 0 Å². The summed E-state index contributed by atoms with van der Waals surface area (Å²) >= 11 is 0. The third-order valence-corrected chi connectivity index (χ3v) is 2.69. The fourth-order valence-corrected chi connectivity index (χ4v) is 1.58. The van der Waals surface area contributed by atoms with Crippen LogP contribution in [0.3, 0.4) is 0 Å². The van der Waals surface area contributed by atoms with E-state index in [1.54, 1.807) is 0 Å². The molecule has 1 N–H and O–H groups in total. The second-order valence-electron chi connectivity index (χ2n) is 3.62. The van der Waals surface area contributed by atoms with Crippen molar-refractivity contribution in [2.45, 2.75) is 26.2 Å². The molecule has 1 heterocycles. The lowest BCUT2D eigenvalue weighted by Gasteiger charge is -2.03. The first kappa shape index (κ1) is 8.36. The van der Waals surface area contributed by atoms with Crippen LogP contribution in [0, 0.1) is 0 Å². The van der Waals surface area contributed by atoms with Gasteiger partial charge in [0.2, 0.25) is 0 Å². The number of hydrogen-bond donors (Lipinski definition) is 1. The summed E-state index contributed by atoms with van der Waals surface area (Å²) in [6.45, 7) is 4.47. The maximum absolute atomic E-state index is 3.45. The number of H-pyrrole nitrogens is 1. The zero-order valence-corrected chi connectivity index (χ0v) is 8.17. The van der Waals surface area contributed by atoms with Crippen molar-refractivity contribution in [2.75, 3.05) is 0 Å². The highest BCUT2D eigenvalue weighted by atomic mass is 14.7. The van der Waals surface area contributed by atoms with E-state index in [1.807, 2.05) is 0 Å². The zero-order chi connectivity index (χ0) is 9.26. The number of hydrogen-bond acceptors (Lipinski definition) is 0. The van der Waals surface area contributed by atoms with Crippen molar-refractivity contribution in [1.29, 1.82) is 0 Å². The molecule has 1 heteroatoms. The Morgan fingerprint density at radius 1 is 1.31 bits per heavy atom. The first-order chi connectivity index (χ1) is 6.31. The van der Waals surface area contributed by atoms with Gasteiger partial charge in [-0.3, -0.25) is 0 Å². The quantitative estimate of drug-likeness (QED) is 0.713. The van der Waals surface area contributed by atoms with Crippen LogP contribution in [0.25, 0.3) is 10.9 Å². The molecule has 2 aromatic rings. The zero-order valence-electron chi connectivity index (χ0n) is 8.17. The summed E-state index contributed by atoms with van der Waals surface area (Å²) < 4.78 is 0. The molecular formula is C12H15N. The predicted octanol–water partition coefficient (Wildman–Crippen LogP) is 3.68. The van der Waals surface area contributed by atoms with Crippen LogP contribution in [-0.4, -0.2) is 4.98 Å². The van der Waals surface area contributed by atoms with E-state index < -0.39 is 0 Å². The Balaban J connectivity index is 2.49. The van der Waals surface area contributed by atoms with Gasteiger partial charge in [-0.15, -0.1) is 0 Å². The lowest BCUT2D eigenvalue weighted by molar-refractivity contribution is 0.715. The van der Waals surface area contributed by atoms with E-state index >= 15 is 0 Å². The SMILES string of the molecule is CCC(C)c1cc2ccccc2[nH]1. The average Bonchev–Trinajstić information content (AvgIpc) is 2.59. The molecule has 0 aliphatic heterocycles. The number of para-hydroxylation sites is 1. The highest BCUT2D eigenvalue weighted by molar-refractivity contribution is 5.80. The van der Waals surface area contributed by atoms with E-state index in [-0.39, 0.29) is 0 Å². The lowest BCUT2D eigenvalue weighted by Crippen LogP contribution is -1.89. The van der Waals surface area contributed by atoms with Crippen LogP contribution in [0.2, 0.25) is 0 Å². The second kappa shape index (κ2) is 3.25. The van der Waals surface area contributed by atoms with Crippen molar-refractivity contribution < 1.29 is 0 Å². The molecule has 1 aromatic carbocycles. The van der Waals surface area contributed by atoms with Crippen molar-refractivity contribution in [3.8, 4) is 0 Å². The van der Waals surface area contributed by atoms with E-state index in [9.17, 15) is 0 Å². The van der Waals surface area contributed by atoms with Gasteiger partial charge in [-0.05, 0) is 29.9 Å². The summed E-state index contributed by atoms with van der Waals surface area (Å²) in [5.41, 5.74) is 2.60. The fourth-order valence-electron chi connectivity index (χ4n) is 1.58. The molecule has 0 radical (unpaired) electrons. The minimum absolute atomic E-state index is 0.632. The molecule has 1 aromatic heterocycles. The first-order valence-electron chi connectivity index (χ1n) is 4.89. The molecular weight excluding hydrogens is 158 g/mol. The van der Waals surface area contributed by atoms with Crippen LogP contribution in [0.5, 0.6) is 0 Å². The van der Waals surface area contributed by atoms with E-state index in [4.69, 9.17) is 0 Å². The van der Waals surface area contributed by atoms with Crippen LogP contribution < -0.4 is 0 Å². The molecule has 68 valence electrons. The van der Waals surface area contributed by atoms with Crippen LogP contribution in [-0.2, 0) is 0 Å². The Labute approximate surface area is 78.8 Å². The molecule has 0 saturated carbocycles. The van der Waals surface area contributed by atoms with Gasteiger partial charge in [0.1, 0.15) is 0 Å². The van der Waals surface area contributed by atoms with Gasteiger partial charge in [-0.1, -0.05) is 32.0 Å². The summed E-state index contributed by atoms with van der Waals surface area (Å²) in [7, 11) is 0. The lowest BCUT2D eigenvalue weighted by atomic mass is 10.1. The number of benzene rings is 1. The van der Waals surface area contributed by atoms with E-state index in [0.29, 0.717) is 5.92 Å². The molecule has 0 aliphatic carbocycles. The molecule has 1 nitrogen and oxygen atoms in total. The maximum Gasteiger partial charge on any atom is 0.0456 e. The average molecular weight is 173 g/mol. The van der Waals surface area contributed by atoms with Crippen molar-refractivity contribution in [2.24, 2.45) is 0 Å². The molecule has 0 fully saturated rings. The Kier molecular flexibility index (Phi) is 2.09. The van der Waals surface area contributed by atoms with Crippen molar-refractivity contribution in [1.82, 2.24) is 4.98 Å². The molecule has 0 saturated heterocycles. The summed E-state index contributed by atoms with van der Waals surface area (Å²) in [6.07, 6.45) is 1.19. The number of nitrogens with one attached hydrogen (secondary N) is 1. The monoisotopic (exact) mass is 173 g/mol. The van der Waals surface area contributed by atoms with Gasteiger partial charge < -0.3 is 4.98 Å². The maximum atomic E-state index is 3.45. The second-order valence-corrected chi connectivity index (χ2v) is 3.62. The van der Waals surface area contributed by atoms with E-state index in [1.165, 1.54) is 23.0 Å². The largest absolute Gasteiger partial charge is 0.358 e. The summed E-state index contributed by atoms with van der Waals surface area (Å²) in [5.74, 6) is 0.632. The molecule has 0 spiro atoms. The molecule has 0 bridgehead atoms. The van der Waals surface area contributed by atoms with Gasteiger partial charge in [0, 0.05) is 11.2 Å². The Bertz CT molecular complexity index is 367. The number of rotatable bonds is 2. The standard InChI is InChI=1S/C12H15N/c1-3-9(2)12-8-10-6-4-5-7-11(10)13-12/h4-9,13H,3H2,1-2H3. The van der Waals surface area contributed by atoms with Gasteiger partial charge in [0.15, 0.2) is 0 Å². The van der Waals surface area contributed by atoms with E-state index in [2.05, 4.69) is 49.2 Å². The minimum Gasteiger partial charge on any atom is -0.358 e. The predicted molar refractivity (Wildman–Crippen MR) is 57.0 cm³/mol. The number of fused-ring (bicyclic) bond motifs is 1. The molecule has 0 amide bonds. The van der Waals surface area contributed by atoms with Crippen LogP contribution in [0.4, 0.5) is 0 Å². The molecule has 1 atom stereocenters. The molecule has 1 unspecified atom stereocenters. The number of aromatic nitrogens is 1. The molecule has 2 rings (SSSR count).